The molecule has 0 aliphatic carbocycles. The molecule has 1 aromatic heterocycles. The van der Waals surface area contributed by atoms with Crippen molar-refractivity contribution in [2.75, 3.05) is 13.1 Å². The number of hydrogen-bond acceptors (Lipinski definition) is 3. The second kappa shape index (κ2) is 5.72. The summed E-state index contributed by atoms with van der Waals surface area (Å²) in [5.74, 6) is -0.416. The lowest BCUT2D eigenvalue weighted by molar-refractivity contribution is -0.144. The first kappa shape index (κ1) is 14.0. The Labute approximate surface area is 120 Å². The molecule has 0 aromatic carbocycles. The zero-order valence-electron chi connectivity index (χ0n) is 10.6. The number of rotatable bonds is 3. The predicted octanol–water partition coefficient (Wildman–Crippen LogP) is 3.36. The highest BCUT2D eigenvalue weighted by molar-refractivity contribution is 9.10. The Morgan fingerprint density at radius 3 is 2.89 bits per heavy atom. The highest BCUT2D eigenvalue weighted by Crippen LogP contribution is 2.30. The van der Waals surface area contributed by atoms with Crippen molar-refractivity contribution in [3.8, 4) is 0 Å². The van der Waals surface area contributed by atoms with Crippen LogP contribution in [0.3, 0.4) is 0 Å². The van der Waals surface area contributed by atoms with Crippen LogP contribution >= 0.6 is 27.3 Å². The number of carboxylic acids is 1. The van der Waals surface area contributed by atoms with Crippen LogP contribution in [0.1, 0.15) is 23.1 Å². The Bertz CT molecular complexity index is 446. The fourth-order valence-corrected chi connectivity index (χ4v) is 4.44. The first-order valence-corrected chi connectivity index (χ1v) is 7.76. The normalized spacial score (nSPS) is 25.3. The van der Waals surface area contributed by atoms with Crippen molar-refractivity contribution in [1.29, 1.82) is 0 Å². The van der Waals surface area contributed by atoms with Crippen LogP contribution in [0, 0.1) is 18.8 Å². The summed E-state index contributed by atoms with van der Waals surface area (Å²) in [6.45, 7) is 6.75. The van der Waals surface area contributed by atoms with Gasteiger partial charge in [-0.3, -0.25) is 9.69 Å². The molecule has 1 saturated heterocycles. The molecular weight excluding hydrogens is 314 g/mol. The average Bonchev–Trinajstić information content (AvgIpc) is 2.56. The van der Waals surface area contributed by atoms with Gasteiger partial charge in [0.2, 0.25) is 0 Å². The SMILES string of the molecule is Cc1cc(Br)c(CN2CC(C)CC(C(=O)O)C2)s1. The van der Waals surface area contributed by atoms with Crippen LogP contribution in [-0.4, -0.2) is 29.1 Å². The van der Waals surface area contributed by atoms with Gasteiger partial charge in [-0.2, -0.15) is 0 Å². The van der Waals surface area contributed by atoms with Gasteiger partial charge in [0.25, 0.3) is 0 Å². The van der Waals surface area contributed by atoms with E-state index in [1.165, 1.54) is 9.75 Å². The molecule has 2 atom stereocenters. The maximum atomic E-state index is 11.1. The van der Waals surface area contributed by atoms with E-state index in [-0.39, 0.29) is 5.92 Å². The molecule has 1 fully saturated rings. The summed E-state index contributed by atoms with van der Waals surface area (Å²) < 4.78 is 1.15. The van der Waals surface area contributed by atoms with E-state index in [0.717, 1.165) is 24.0 Å². The molecule has 0 amide bonds. The largest absolute Gasteiger partial charge is 0.481 e. The minimum absolute atomic E-state index is 0.214. The number of thiophene rings is 1. The Kier molecular flexibility index (Phi) is 4.45. The minimum Gasteiger partial charge on any atom is -0.481 e. The lowest BCUT2D eigenvalue weighted by atomic mass is 9.90. The fraction of sp³-hybridized carbons (Fsp3) is 0.615. The zero-order chi connectivity index (χ0) is 13.3. The summed E-state index contributed by atoms with van der Waals surface area (Å²) in [6.07, 6.45) is 0.802. The van der Waals surface area contributed by atoms with Crippen LogP contribution in [0.25, 0.3) is 0 Å². The monoisotopic (exact) mass is 331 g/mol. The number of hydrogen-bond donors (Lipinski definition) is 1. The highest BCUT2D eigenvalue weighted by atomic mass is 79.9. The van der Waals surface area contributed by atoms with Crippen molar-refractivity contribution in [1.82, 2.24) is 4.90 Å². The Morgan fingerprint density at radius 2 is 2.33 bits per heavy atom. The molecule has 2 rings (SSSR count). The van der Waals surface area contributed by atoms with Crippen LogP contribution in [0.5, 0.6) is 0 Å². The van der Waals surface area contributed by atoms with Crippen LogP contribution in [0.4, 0.5) is 0 Å². The van der Waals surface area contributed by atoms with Crippen LogP contribution in [-0.2, 0) is 11.3 Å². The summed E-state index contributed by atoms with van der Waals surface area (Å²) in [5, 5.41) is 9.17. The van der Waals surface area contributed by atoms with Gasteiger partial charge in [-0.05, 0) is 41.3 Å². The number of carboxylic acid groups (broad SMARTS) is 1. The van der Waals surface area contributed by atoms with Gasteiger partial charge in [-0.15, -0.1) is 11.3 Å². The summed E-state index contributed by atoms with van der Waals surface area (Å²) in [5.41, 5.74) is 0. The quantitative estimate of drug-likeness (QED) is 0.923. The molecule has 0 spiro atoms. The molecule has 2 unspecified atom stereocenters. The van der Waals surface area contributed by atoms with Crippen molar-refractivity contribution in [2.45, 2.75) is 26.8 Å². The van der Waals surface area contributed by atoms with Crippen LogP contribution < -0.4 is 0 Å². The number of aliphatic carboxylic acids is 1. The molecule has 1 aromatic rings. The lowest BCUT2D eigenvalue weighted by Crippen LogP contribution is -2.41. The van der Waals surface area contributed by atoms with Gasteiger partial charge >= 0.3 is 5.97 Å². The van der Waals surface area contributed by atoms with Gasteiger partial charge in [-0.1, -0.05) is 6.92 Å². The van der Waals surface area contributed by atoms with Gasteiger partial charge in [0, 0.05) is 33.9 Å². The molecule has 100 valence electrons. The maximum Gasteiger partial charge on any atom is 0.307 e. The van der Waals surface area contributed by atoms with Crippen molar-refractivity contribution >= 4 is 33.2 Å². The van der Waals surface area contributed by atoms with Gasteiger partial charge in [0.05, 0.1) is 5.92 Å². The van der Waals surface area contributed by atoms with Crippen molar-refractivity contribution in [2.24, 2.45) is 11.8 Å². The van der Waals surface area contributed by atoms with Gasteiger partial charge in [0.1, 0.15) is 0 Å². The molecule has 1 N–H and O–H groups in total. The lowest BCUT2D eigenvalue weighted by Gasteiger charge is -2.34. The Morgan fingerprint density at radius 1 is 1.61 bits per heavy atom. The number of aryl methyl sites for hydroxylation is 1. The summed E-state index contributed by atoms with van der Waals surface area (Å²) in [4.78, 5) is 16.0. The van der Waals surface area contributed by atoms with Gasteiger partial charge in [0.15, 0.2) is 0 Å². The number of likely N-dealkylation sites (tertiary alicyclic amines) is 1. The third-order valence-electron chi connectivity index (χ3n) is 3.33. The summed E-state index contributed by atoms with van der Waals surface area (Å²) >= 11 is 5.35. The van der Waals surface area contributed by atoms with Crippen molar-refractivity contribution < 1.29 is 9.90 Å². The van der Waals surface area contributed by atoms with E-state index in [1.54, 1.807) is 11.3 Å². The van der Waals surface area contributed by atoms with Crippen LogP contribution in [0.2, 0.25) is 0 Å². The van der Waals surface area contributed by atoms with Gasteiger partial charge in [-0.25, -0.2) is 0 Å². The Balaban J connectivity index is 2.04. The van der Waals surface area contributed by atoms with E-state index in [9.17, 15) is 4.79 Å². The van der Waals surface area contributed by atoms with Crippen LogP contribution in [0.15, 0.2) is 10.5 Å². The molecule has 3 nitrogen and oxygen atoms in total. The molecule has 18 heavy (non-hydrogen) atoms. The number of halogens is 1. The average molecular weight is 332 g/mol. The predicted molar refractivity (Wildman–Crippen MR) is 76.9 cm³/mol. The molecule has 1 aliphatic rings. The third-order valence-corrected chi connectivity index (χ3v) is 5.34. The smallest absolute Gasteiger partial charge is 0.307 e. The van der Waals surface area contributed by atoms with Crippen molar-refractivity contribution in [3.63, 3.8) is 0 Å². The fourth-order valence-electron chi connectivity index (χ4n) is 2.61. The molecule has 1 aliphatic heterocycles. The van der Waals surface area contributed by atoms with E-state index < -0.39 is 5.97 Å². The van der Waals surface area contributed by atoms with E-state index in [1.807, 2.05) is 0 Å². The number of carbonyl (C=O) groups is 1. The summed E-state index contributed by atoms with van der Waals surface area (Å²) in [7, 11) is 0. The third kappa shape index (κ3) is 3.33. The maximum absolute atomic E-state index is 11.1. The van der Waals surface area contributed by atoms with Crippen molar-refractivity contribution in [3.05, 3.63) is 20.3 Å². The Hall–Kier alpha value is -0.390. The first-order valence-electron chi connectivity index (χ1n) is 6.15. The summed E-state index contributed by atoms with van der Waals surface area (Å²) in [6, 6.07) is 2.13. The molecule has 5 heteroatoms. The molecular formula is C13H18BrNO2S. The second-order valence-electron chi connectivity index (χ2n) is 5.20. The standard InChI is InChI=1S/C13H18BrNO2S/c1-8-3-10(13(16)17)6-15(5-8)7-12-11(14)4-9(2)18-12/h4,8,10H,3,5-7H2,1-2H3,(H,16,17). The zero-order valence-corrected chi connectivity index (χ0v) is 13.1. The number of piperidine rings is 1. The first-order chi connectivity index (χ1) is 8.45. The van der Waals surface area contributed by atoms with E-state index in [0.29, 0.717) is 12.5 Å². The van der Waals surface area contributed by atoms with E-state index in [2.05, 4.69) is 40.7 Å². The highest BCUT2D eigenvalue weighted by Gasteiger charge is 2.29. The van der Waals surface area contributed by atoms with E-state index >= 15 is 0 Å². The molecule has 0 radical (unpaired) electrons. The minimum atomic E-state index is -0.659. The molecule has 0 bridgehead atoms. The van der Waals surface area contributed by atoms with Gasteiger partial charge < -0.3 is 5.11 Å². The topological polar surface area (TPSA) is 40.5 Å². The second-order valence-corrected chi connectivity index (χ2v) is 7.39. The van der Waals surface area contributed by atoms with E-state index in [4.69, 9.17) is 5.11 Å². The molecule has 0 saturated carbocycles. The molecule has 2 heterocycles. The number of nitrogens with zero attached hydrogens (tertiary/aromatic N) is 1.